The van der Waals surface area contributed by atoms with Gasteiger partial charge in [0.1, 0.15) is 15.7 Å². The Morgan fingerprint density at radius 1 is 0.833 bits per heavy atom. The molecule has 1 aliphatic rings. The fourth-order valence-corrected chi connectivity index (χ4v) is 6.96. The van der Waals surface area contributed by atoms with Crippen molar-refractivity contribution in [3.05, 3.63) is 80.4 Å². The third-order valence-corrected chi connectivity index (χ3v) is 8.79. The Balaban J connectivity index is 1.43. The molecule has 1 aliphatic carbocycles. The minimum Gasteiger partial charge on any atom is -0.225 e. The molecule has 0 radical (unpaired) electrons. The molecule has 7 heteroatoms. The van der Waals surface area contributed by atoms with Crippen molar-refractivity contribution in [2.24, 2.45) is 0 Å². The Hall–Kier alpha value is -1.24. The molecule has 30 heavy (non-hydrogen) atoms. The van der Waals surface area contributed by atoms with E-state index in [-0.39, 0.29) is 0 Å². The van der Waals surface area contributed by atoms with Crippen molar-refractivity contribution in [1.29, 1.82) is 0 Å². The number of nitrogens with zero attached hydrogens (tertiary/aromatic N) is 2. The Kier molecular flexibility index (Phi) is 6.26. The highest BCUT2D eigenvalue weighted by Crippen LogP contribution is 2.41. The van der Waals surface area contributed by atoms with Gasteiger partial charge in [-0.05, 0) is 66.8 Å². The summed E-state index contributed by atoms with van der Waals surface area (Å²) in [5.41, 5.74) is 2.73. The van der Waals surface area contributed by atoms with Gasteiger partial charge < -0.3 is 0 Å². The summed E-state index contributed by atoms with van der Waals surface area (Å²) < 4.78 is 0. The molecule has 2 aromatic carbocycles. The zero-order valence-corrected chi connectivity index (χ0v) is 20.0. The maximum absolute atomic E-state index is 6.04. The number of hydrogen-bond acceptors (Lipinski definition) is 5. The summed E-state index contributed by atoms with van der Waals surface area (Å²) in [6.45, 7) is 0. The fraction of sp³-hybridized carbons (Fsp3) is 0.217. The third kappa shape index (κ3) is 4.51. The van der Waals surface area contributed by atoms with Gasteiger partial charge in [0.2, 0.25) is 0 Å². The van der Waals surface area contributed by atoms with Gasteiger partial charge in [-0.1, -0.05) is 35.3 Å². The van der Waals surface area contributed by atoms with Gasteiger partial charge in [-0.3, -0.25) is 0 Å². The van der Waals surface area contributed by atoms with Gasteiger partial charge in [-0.15, -0.1) is 34.9 Å². The number of benzene rings is 2. The summed E-state index contributed by atoms with van der Waals surface area (Å²) in [6.07, 6.45) is 3.56. The molecule has 4 aromatic rings. The van der Waals surface area contributed by atoms with Gasteiger partial charge in [0.25, 0.3) is 0 Å². The minimum absolute atomic E-state index is 0.745. The second-order valence-corrected chi connectivity index (χ2v) is 11.1. The van der Waals surface area contributed by atoms with Crippen LogP contribution in [0.15, 0.2) is 58.5 Å². The highest BCUT2D eigenvalue weighted by molar-refractivity contribution is 7.99. The Bertz CT molecular complexity index is 1190. The van der Waals surface area contributed by atoms with Gasteiger partial charge in [-0.2, -0.15) is 0 Å². The van der Waals surface area contributed by atoms with Crippen LogP contribution in [0.4, 0.5) is 0 Å². The van der Waals surface area contributed by atoms with Crippen LogP contribution in [-0.2, 0) is 24.3 Å². The van der Waals surface area contributed by atoms with E-state index in [0.717, 1.165) is 43.7 Å². The summed E-state index contributed by atoms with van der Waals surface area (Å²) >= 11 is 17.4. The van der Waals surface area contributed by atoms with Crippen molar-refractivity contribution in [2.75, 3.05) is 0 Å². The van der Waals surface area contributed by atoms with Crippen molar-refractivity contribution in [3.63, 3.8) is 0 Å². The van der Waals surface area contributed by atoms with Crippen LogP contribution in [0.5, 0.6) is 0 Å². The first-order chi connectivity index (χ1) is 14.7. The summed E-state index contributed by atoms with van der Waals surface area (Å²) in [7, 11) is 0. The molecular formula is C23H18Cl2N2S3. The predicted molar refractivity (Wildman–Crippen MR) is 131 cm³/mol. The Morgan fingerprint density at radius 3 is 2.33 bits per heavy atom. The van der Waals surface area contributed by atoms with E-state index in [2.05, 4.69) is 12.1 Å². The first-order valence-electron chi connectivity index (χ1n) is 9.72. The van der Waals surface area contributed by atoms with Gasteiger partial charge in [-0.25, -0.2) is 9.97 Å². The second kappa shape index (κ2) is 9.09. The number of halogens is 2. The molecule has 2 nitrogen and oxygen atoms in total. The minimum atomic E-state index is 0.745. The van der Waals surface area contributed by atoms with Gasteiger partial charge in [0.05, 0.1) is 5.75 Å². The van der Waals surface area contributed by atoms with Crippen molar-refractivity contribution in [2.45, 2.75) is 40.7 Å². The van der Waals surface area contributed by atoms with E-state index in [4.69, 9.17) is 33.2 Å². The normalized spacial score (nSPS) is 13.1. The zero-order chi connectivity index (χ0) is 20.5. The number of thiophene rings is 1. The highest BCUT2D eigenvalue weighted by Gasteiger charge is 2.22. The SMILES string of the molecule is Clc1ccc(CSc2nc(CSc3ccc(Cl)cc3)nc3sc4c(c23)CCC4)cc1. The molecule has 0 atom stereocenters. The van der Waals surface area contributed by atoms with Crippen molar-refractivity contribution in [1.82, 2.24) is 9.97 Å². The maximum atomic E-state index is 6.04. The van der Waals surface area contributed by atoms with E-state index in [1.54, 1.807) is 23.5 Å². The molecule has 0 unspecified atom stereocenters. The number of rotatable bonds is 6. The van der Waals surface area contributed by atoms with E-state index in [9.17, 15) is 0 Å². The zero-order valence-electron chi connectivity index (χ0n) is 16.0. The van der Waals surface area contributed by atoms with Crippen LogP contribution >= 0.6 is 58.1 Å². The van der Waals surface area contributed by atoms with Crippen LogP contribution in [0.2, 0.25) is 10.0 Å². The van der Waals surface area contributed by atoms with Crippen LogP contribution in [0.3, 0.4) is 0 Å². The largest absolute Gasteiger partial charge is 0.225 e. The molecule has 0 spiro atoms. The molecule has 0 bridgehead atoms. The molecule has 0 fully saturated rings. The molecular weight excluding hydrogens is 471 g/mol. The lowest BCUT2D eigenvalue weighted by atomic mass is 10.2. The number of thioether (sulfide) groups is 2. The molecule has 0 saturated carbocycles. The average Bonchev–Trinajstić information content (AvgIpc) is 3.34. The summed E-state index contributed by atoms with van der Waals surface area (Å²) in [6, 6.07) is 16.0. The van der Waals surface area contributed by atoms with Crippen LogP contribution in [0.1, 0.15) is 28.2 Å². The molecule has 0 aliphatic heterocycles. The molecule has 2 heterocycles. The number of fused-ring (bicyclic) bond motifs is 3. The van der Waals surface area contributed by atoms with E-state index in [1.807, 2.05) is 47.7 Å². The third-order valence-electron chi connectivity index (χ3n) is 5.05. The predicted octanol–water partition coefficient (Wildman–Crippen LogP) is 8.07. The second-order valence-electron chi connectivity index (χ2n) is 7.14. The van der Waals surface area contributed by atoms with Gasteiger partial charge in [0, 0.05) is 31.0 Å². The monoisotopic (exact) mass is 488 g/mol. The van der Waals surface area contributed by atoms with E-state index in [0.29, 0.717) is 0 Å². The molecule has 0 N–H and O–H groups in total. The van der Waals surface area contributed by atoms with Crippen LogP contribution < -0.4 is 0 Å². The first kappa shape index (κ1) is 20.7. The number of aryl methyl sites for hydroxylation is 2. The quantitative estimate of drug-likeness (QED) is 0.202. The van der Waals surface area contributed by atoms with Crippen molar-refractivity contribution in [3.8, 4) is 0 Å². The fourth-order valence-electron chi connectivity index (χ4n) is 3.58. The summed E-state index contributed by atoms with van der Waals surface area (Å²) in [5, 5.41) is 3.92. The van der Waals surface area contributed by atoms with Gasteiger partial charge in [0.15, 0.2) is 0 Å². The average molecular weight is 490 g/mol. The molecule has 152 valence electrons. The topological polar surface area (TPSA) is 25.8 Å². The van der Waals surface area contributed by atoms with Gasteiger partial charge >= 0.3 is 0 Å². The lowest BCUT2D eigenvalue weighted by molar-refractivity contribution is 0.913. The van der Waals surface area contributed by atoms with Crippen LogP contribution in [0.25, 0.3) is 10.2 Å². The Morgan fingerprint density at radius 2 is 1.57 bits per heavy atom. The summed E-state index contributed by atoms with van der Waals surface area (Å²) in [4.78, 5) is 13.7. The number of hydrogen-bond donors (Lipinski definition) is 0. The molecule has 2 aromatic heterocycles. The van der Waals surface area contributed by atoms with Crippen molar-refractivity contribution < 1.29 is 0 Å². The van der Waals surface area contributed by atoms with E-state index < -0.39 is 0 Å². The highest BCUT2D eigenvalue weighted by atomic mass is 35.5. The summed E-state index contributed by atoms with van der Waals surface area (Å²) in [5.74, 6) is 2.51. The standard InChI is InChI=1S/C23H18Cl2N2S3/c24-15-6-4-14(5-7-15)12-29-22-21-18-2-1-3-19(18)30-23(21)27-20(26-22)13-28-17-10-8-16(25)9-11-17/h4-11H,1-3,12-13H2. The molecule has 5 rings (SSSR count). The first-order valence-corrected chi connectivity index (χ1v) is 13.3. The number of aromatic nitrogens is 2. The molecule has 0 saturated heterocycles. The smallest absolute Gasteiger partial charge is 0.141 e. The van der Waals surface area contributed by atoms with E-state index >= 15 is 0 Å². The Labute approximate surface area is 198 Å². The maximum Gasteiger partial charge on any atom is 0.141 e. The van der Waals surface area contributed by atoms with Crippen molar-refractivity contribution >= 4 is 68.3 Å². The van der Waals surface area contributed by atoms with Crippen LogP contribution in [-0.4, -0.2) is 9.97 Å². The lowest BCUT2D eigenvalue weighted by Crippen LogP contribution is -1.96. The van der Waals surface area contributed by atoms with Crippen LogP contribution in [0, 0.1) is 0 Å². The lowest BCUT2D eigenvalue weighted by Gasteiger charge is -2.08. The van der Waals surface area contributed by atoms with E-state index in [1.165, 1.54) is 39.1 Å². The molecule has 0 amide bonds.